The van der Waals surface area contributed by atoms with Gasteiger partial charge in [-0.05, 0) is 42.0 Å². The van der Waals surface area contributed by atoms with Crippen LogP contribution in [0.15, 0.2) is 47.5 Å². The number of hydrogen-bond donors (Lipinski definition) is 0. The smallest absolute Gasteiger partial charge is 0.142 e. The number of hydrogen-bond acceptors (Lipinski definition) is 3. The Morgan fingerprint density at radius 1 is 1.04 bits per heavy atom. The maximum atomic E-state index is 5.88. The quantitative estimate of drug-likeness (QED) is 0.450. The molecule has 0 aliphatic rings. The van der Waals surface area contributed by atoms with Crippen LogP contribution in [0.3, 0.4) is 0 Å². The van der Waals surface area contributed by atoms with Gasteiger partial charge in [-0.1, -0.05) is 17.7 Å². The van der Waals surface area contributed by atoms with Crippen molar-refractivity contribution >= 4 is 52.4 Å². The minimum absolute atomic E-state index is 0.528. The first kappa shape index (κ1) is 18.9. The topological polar surface area (TPSA) is 24.8 Å². The fourth-order valence-corrected chi connectivity index (χ4v) is 2.80. The van der Waals surface area contributed by atoms with Crippen molar-refractivity contribution in [3.05, 3.63) is 53.1 Å². The predicted molar refractivity (Wildman–Crippen MR) is 105 cm³/mol. The Bertz CT molecular complexity index is 668. The Morgan fingerprint density at radius 3 is 2.29 bits per heavy atom. The van der Waals surface area contributed by atoms with Crippen LogP contribution in [-0.4, -0.2) is 38.2 Å². The zero-order chi connectivity index (χ0) is 17.4. The number of benzene rings is 2. The Morgan fingerprint density at radius 2 is 1.71 bits per heavy atom. The maximum Gasteiger partial charge on any atom is 0.142 e. The molecule has 3 nitrogen and oxygen atoms in total. The van der Waals surface area contributed by atoms with Gasteiger partial charge in [0.25, 0.3) is 0 Å². The molecule has 0 saturated carbocycles. The molecule has 0 aromatic heterocycles. The van der Waals surface area contributed by atoms with Crippen molar-refractivity contribution in [1.29, 1.82) is 0 Å². The van der Waals surface area contributed by atoms with E-state index in [0.29, 0.717) is 29.9 Å². The molecule has 0 saturated heterocycles. The number of rotatable bonds is 8. The summed E-state index contributed by atoms with van der Waals surface area (Å²) >= 11 is 17.6. The largest absolute Gasteiger partial charge is 0.495 e. The molecule has 0 amide bonds. The number of nitrogens with zero attached hydrogens (tertiary/aromatic N) is 2. The van der Waals surface area contributed by atoms with E-state index in [1.54, 1.807) is 13.3 Å². The monoisotopic (exact) mass is 384 g/mol. The first-order chi connectivity index (χ1) is 11.7. The van der Waals surface area contributed by atoms with Crippen LogP contribution in [-0.2, 0) is 0 Å². The third-order valence-electron chi connectivity index (χ3n) is 3.44. The minimum Gasteiger partial charge on any atom is -0.495 e. The van der Waals surface area contributed by atoms with Gasteiger partial charge in [0.2, 0.25) is 0 Å². The number of anilines is 1. The van der Waals surface area contributed by atoms with E-state index in [1.165, 1.54) is 0 Å². The van der Waals surface area contributed by atoms with Gasteiger partial charge in [0, 0.05) is 36.1 Å². The fourth-order valence-electron chi connectivity index (χ4n) is 2.27. The van der Waals surface area contributed by atoms with E-state index < -0.39 is 0 Å². The van der Waals surface area contributed by atoms with E-state index in [-0.39, 0.29) is 0 Å². The molecule has 0 bridgehead atoms. The van der Waals surface area contributed by atoms with Crippen LogP contribution in [0.4, 0.5) is 11.4 Å². The number of methoxy groups -OCH3 is 1. The highest BCUT2D eigenvalue weighted by Crippen LogP contribution is 2.29. The van der Waals surface area contributed by atoms with Gasteiger partial charge in [-0.2, -0.15) is 0 Å². The van der Waals surface area contributed by atoms with Crippen molar-refractivity contribution in [2.45, 2.75) is 0 Å². The lowest BCUT2D eigenvalue weighted by atomic mass is 10.2. The molecule has 6 heteroatoms. The lowest BCUT2D eigenvalue weighted by Crippen LogP contribution is -2.28. The van der Waals surface area contributed by atoms with Crippen molar-refractivity contribution in [1.82, 2.24) is 0 Å². The van der Waals surface area contributed by atoms with Crippen LogP contribution >= 0.6 is 34.8 Å². The summed E-state index contributed by atoms with van der Waals surface area (Å²) in [5.74, 6) is 1.82. The molecule has 0 unspecified atom stereocenters. The van der Waals surface area contributed by atoms with Crippen molar-refractivity contribution in [2.75, 3.05) is 36.9 Å². The summed E-state index contributed by atoms with van der Waals surface area (Å²) < 4.78 is 5.52. The van der Waals surface area contributed by atoms with Gasteiger partial charge in [0.15, 0.2) is 0 Å². The van der Waals surface area contributed by atoms with Crippen LogP contribution in [0.5, 0.6) is 5.75 Å². The normalized spacial score (nSPS) is 11.0. The molecular formula is C18H19Cl3N2O. The molecule has 2 aromatic carbocycles. The Hall–Kier alpha value is -1.42. The average molecular weight is 386 g/mol. The highest BCUT2D eigenvalue weighted by molar-refractivity contribution is 6.30. The summed E-state index contributed by atoms with van der Waals surface area (Å²) in [6.07, 6.45) is 1.79. The molecule has 0 radical (unpaired) electrons. The second kappa shape index (κ2) is 9.77. The number of halogens is 3. The van der Waals surface area contributed by atoms with E-state index in [1.807, 2.05) is 42.5 Å². The third-order valence-corrected chi connectivity index (χ3v) is 4.03. The van der Waals surface area contributed by atoms with Crippen molar-refractivity contribution in [3.8, 4) is 5.75 Å². The zero-order valence-corrected chi connectivity index (χ0v) is 15.7. The molecule has 0 aliphatic carbocycles. The third kappa shape index (κ3) is 5.30. The summed E-state index contributed by atoms with van der Waals surface area (Å²) in [5, 5.41) is 0.693. The second-order valence-electron chi connectivity index (χ2n) is 5.03. The first-order valence-electron chi connectivity index (χ1n) is 7.52. The van der Waals surface area contributed by atoms with E-state index in [0.717, 1.165) is 22.7 Å². The summed E-state index contributed by atoms with van der Waals surface area (Å²) in [6.45, 7) is 1.42. The molecule has 2 rings (SSSR count). The van der Waals surface area contributed by atoms with Crippen molar-refractivity contribution in [2.24, 2.45) is 4.99 Å². The molecule has 0 aliphatic heterocycles. The van der Waals surface area contributed by atoms with E-state index in [2.05, 4.69) is 9.89 Å². The highest BCUT2D eigenvalue weighted by Gasteiger charge is 2.11. The van der Waals surface area contributed by atoms with E-state index in [9.17, 15) is 0 Å². The Balaban J connectivity index is 2.22. The van der Waals surface area contributed by atoms with Gasteiger partial charge in [-0.25, -0.2) is 0 Å². The summed E-state index contributed by atoms with van der Waals surface area (Å²) in [5.41, 5.74) is 2.76. The summed E-state index contributed by atoms with van der Waals surface area (Å²) in [6, 6.07) is 13.3. The standard InChI is InChI=1S/C18H19Cl3N2O/c1-24-18-12-14(13-22-16-5-3-15(21)4-6-16)2-7-17(18)23(10-8-19)11-9-20/h2-7,12-13H,8-11H2,1H3. The van der Waals surface area contributed by atoms with E-state index >= 15 is 0 Å². The van der Waals surface area contributed by atoms with Gasteiger partial charge >= 0.3 is 0 Å². The Labute approximate surface area is 157 Å². The lowest BCUT2D eigenvalue weighted by molar-refractivity contribution is 0.414. The lowest BCUT2D eigenvalue weighted by Gasteiger charge is -2.25. The molecule has 128 valence electrons. The first-order valence-corrected chi connectivity index (χ1v) is 8.97. The number of ether oxygens (including phenoxy) is 1. The SMILES string of the molecule is COc1cc(C=Nc2ccc(Cl)cc2)ccc1N(CCCl)CCCl. The van der Waals surface area contributed by atoms with Gasteiger partial charge in [-0.15, -0.1) is 23.2 Å². The molecule has 0 N–H and O–H groups in total. The average Bonchev–Trinajstić information content (AvgIpc) is 2.61. The van der Waals surface area contributed by atoms with Gasteiger partial charge in [0.1, 0.15) is 5.75 Å². The van der Waals surface area contributed by atoms with Crippen molar-refractivity contribution in [3.63, 3.8) is 0 Å². The number of alkyl halides is 2. The molecule has 0 atom stereocenters. The highest BCUT2D eigenvalue weighted by atomic mass is 35.5. The zero-order valence-electron chi connectivity index (χ0n) is 13.4. The molecule has 0 fully saturated rings. The fraction of sp³-hybridized carbons (Fsp3) is 0.278. The van der Waals surface area contributed by atoms with Crippen LogP contribution in [0.1, 0.15) is 5.56 Å². The van der Waals surface area contributed by atoms with Crippen LogP contribution < -0.4 is 9.64 Å². The minimum atomic E-state index is 0.528. The van der Waals surface area contributed by atoms with E-state index in [4.69, 9.17) is 39.5 Å². The van der Waals surface area contributed by atoms with Gasteiger partial charge in [-0.3, -0.25) is 4.99 Å². The second-order valence-corrected chi connectivity index (χ2v) is 6.22. The van der Waals surface area contributed by atoms with Gasteiger partial charge < -0.3 is 9.64 Å². The van der Waals surface area contributed by atoms with Crippen LogP contribution in [0.2, 0.25) is 5.02 Å². The molecule has 2 aromatic rings. The van der Waals surface area contributed by atoms with Crippen LogP contribution in [0, 0.1) is 0 Å². The molecular weight excluding hydrogens is 367 g/mol. The maximum absolute atomic E-state index is 5.88. The van der Waals surface area contributed by atoms with Gasteiger partial charge in [0.05, 0.1) is 18.5 Å². The summed E-state index contributed by atoms with van der Waals surface area (Å²) in [4.78, 5) is 6.56. The summed E-state index contributed by atoms with van der Waals surface area (Å²) in [7, 11) is 1.65. The van der Waals surface area contributed by atoms with Crippen molar-refractivity contribution < 1.29 is 4.74 Å². The number of aliphatic imine (C=N–C) groups is 1. The molecule has 24 heavy (non-hydrogen) atoms. The molecule has 0 heterocycles. The van der Waals surface area contributed by atoms with Crippen LogP contribution in [0.25, 0.3) is 0 Å². The predicted octanol–water partition coefficient (Wildman–Crippen LogP) is 5.38. The Kier molecular flexibility index (Phi) is 7.70. The molecule has 0 spiro atoms.